The minimum Gasteiger partial charge on any atom is -0.154 e. The first-order chi connectivity index (χ1) is 4.67. The molecule has 1 rings (SSSR count). The monoisotopic (exact) mass is 170 g/mol. The standard InChI is InChI=1S/C8H14SSi/c1-4-10(2,3)8-6-5-7-9-8/h5-7H,4H2,1-3H3. The van der Waals surface area contributed by atoms with Crippen LogP contribution in [-0.2, 0) is 0 Å². The summed E-state index contributed by atoms with van der Waals surface area (Å²) in [5, 5.41) is 2.18. The maximum Gasteiger partial charge on any atom is 0.0931 e. The molecule has 2 heteroatoms. The van der Waals surface area contributed by atoms with Crippen molar-refractivity contribution in [3.63, 3.8) is 0 Å². The smallest absolute Gasteiger partial charge is 0.0931 e. The van der Waals surface area contributed by atoms with E-state index in [-0.39, 0.29) is 0 Å². The lowest BCUT2D eigenvalue weighted by molar-refractivity contribution is 1.38. The van der Waals surface area contributed by atoms with Gasteiger partial charge in [-0.3, -0.25) is 0 Å². The van der Waals surface area contributed by atoms with Crippen molar-refractivity contribution >= 4 is 23.9 Å². The van der Waals surface area contributed by atoms with Gasteiger partial charge in [0, 0.05) is 0 Å². The van der Waals surface area contributed by atoms with Crippen LogP contribution in [0, 0.1) is 0 Å². The molecule has 1 aromatic heterocycles. The minimum absolute atomic E-state index is 0.983. The molecule has 0 aromatic carbocycles. The fourth-order valence-electron chi connectivity index (χ4n) is 0.838. The zero-order valence-electron chi connectivity index (χ0n) is 6.85. The molecule has 0 aliphatic heterocycles. The SMILES string of the molecule is CC[Si](C)(C)c1cccs1. The molecule has 0 N–H and O–H groups in total. The zero-order chi connectivity index (χ0) is 7.61. The van der Waals surface area contributed by atoms with Crippen LogP contribution in [0.3, 0.4) is 0 Å². The van der Waals surface area contributed by atoms with E-state index in [9.17, 15) is 0 Å². The molecule has 56 valence electrons. The zero-order valence-corrected chi connectivity index (χ0v) is 8.66. The van der Waals surface area contributed by atoms with Crippen LogP contribution in [0.4, 0.5) is 0 Å². The molecule has 1 aromatic rings. The summed E-state index contributed by atoms with van der Waals surface area (Å²) in [4.78, 5) is 0. The van der Waals surface area contributed by atoms with Crippen molar-refractivity contribution in [3.8, 4) is 0 Å². The minimum atomic E-state index is -0.983. The molecular formula is C8H14SSi. The maximum absolute atomic E-state index is 2.43. The average molecular weight is 170 g/mol. The van der Waals surface area contributed by atoms with Crippen molar-refractivity contribution in [2.45, 2.75) is 26.1 Å². The molecule has 0 saturated carbocycles. The van der Waals surface area contributed by atoms with E-state index >= 15 is 0 Å². The molecule has 10 heavy (non-hydrogen) atoms. The Kier molecular flexibility index (Phi) is 2.31. The second-order valence-corrected chi connectivity index (χ2v) is 9.54. The summed E-state index contributed by atoms with van der Waals surface area (Å²) < 4.78 is 1.63. The van der Waals surface area contributed by atoms with Gasteiger partial charge in [-0.2, -0.15) is 11.3 Å². The summed E-state index contributed by atoms with van der Waals surface area (Å²) in [6.07, 6.45) is 0. The quantitative estimate of drug-likeness (QED) is 0.599. The molecule has 0 bridgehead atoms. The highest BCUT2D eigenvalue weighted by atomic mass is 32.1. The third kappa shape index (κ3) is 1.50. The van der Waals surface area contributed by atoms with Crippen LogP contribution in [0.5, 0.6) is 0 Å². The number of hydrogen-bond acceptors (Lipinski definition) is 1. The molecule has 0 aliphatic rings. The van der Waals surface area contributed by atoms with Gasteiger partial charge in [-0.05, 0) is 9.88 Å². The number of rotatable bonds is 2. The predicted octanol–water partition coefficient (Wildman–Crippen LogP) is 2.68. The molecular weight excluding hydrogens is 156 g/mol. The summed E-state index contributed by atoms with van der Waals surface area (Å²) >= 11 is 1.92. The normalized spacial score (nSPS) is 11.9. The van der Waals surface area contributed by atoms with Gasteiger partial charge in [-0.1, -0.05) is 38.2 Å². The molecule has 0 amide bonds. The molecule has 0 spiro atoms. The molecule has 0 fully saturated rings. The van der Waals surface area contributed by atoms with Crippen molar-refractivity contribution in [1.82, 2.24) is 0 Å². The van der Waals surface area contributed by atoms with Crippen molar-refractivity contribution in [1.29, 1.82) is 0 Å². The van der Waals surface area contributed by atoms with Gasteiger partial charge < -0.3 is 0 Å². The van der Waals surface area contributed by atoms with E-state index in [0.29, 0.717) is 0 Å². The van der Waals surface area contributed by atoms with Crippen LogP contribution in [0.1, 0.15) is 6.92 Å². The third-order valence-corrected chi connectivity index (χ3v) is 8.04. The lowest BCUT2D eigenvalue weighted by Crippen LogP contribution is -2.37. The first-order valence-electron chi connectivity index (χ1n) is 3.71. The lowest BCUT2D eigenvalue weighted by Gasteiger charge is -2.17. The second-order valence-electron chi connectivity index (χ2n) is 3.21. The van der Waals surface area contributed by atoms with Crippen molar-refractivity contribution in [2.24, 2.45) is 0 Å². The van der Waals surface area contributed by atoms with Crippen molar-refractivity contribution in [3.05, 3.63) is 17.5 Å². The van der Waals surface area contributed by atoms with Crippen LogP contribution < -0.4 is 4.50 Å². The van der Waals surface area contributed by atoms with Crippen LogP contribution >= 0.6 is 11.3 Å². The maximum atomic E-state index is 2.43. The lowest BCUT2D eigenvalue weighted by atomic mass is 10.7. The van der Waals surface area contributed by atoms with Gasteiger partial charge >= 0.3 is 0 Å². The summed E-state index contributed by atoms with van der Waals surface area (Å²) in [6.45, 7) is 7.16. The highest BCUT2D eigenvalue weighted by molar-refractivity contribution is 7.25. The van der Waals surface area contributed by atoms with Crippen LogP contribution in [0.25, 0.3) is 0 Å². The Balaban J connectivity index is 2.85. The van der Waals surface area contributed by atoms with E-state index in [1.807, 2.05) is 11.3 Å². The molecule has 0 aliphatic carbocycles. The fourth-order valence-corrected chi connectivity index (χ4v) is 4.11. The highest BCUT2D eigenvalue weighted by Crippen LogP contribution is 2.11. The summed E-state index contributed by atoms with van der Waals surface area (Å²) in [6, 6.07) is 5.79. The van der Waals surface area contributed by atoms with Gasteiger partial charge in [-0.15, -0.1) is 0 Å². The summed E-state index contributed by atoms with van der Waals surface area (Å²) in [5.41, 5.74) is 0. The molecule has 1 heterocycles. The summed E-state index contributed by atoms with van der Waals surface area (Å²) in [5.74, 6) is 0. The first kappa shape index (κ1) is 8.02. The van der Waals surface area contributed by atoms with Crippen molar-refractivity contribution < 1.29 is 0 Å². The van der Waals surface area contributed by atoms with Gasteiger partial charge in [-0.25, -0.2) is 0 Å². The highest BCUT2D eigenvalue weighted by Gasteiger charge is 2.21. The Bertz CT molecular complexity index is 189. The number of hydrogen-bond donors (Lipinski definition) is 0. The van der Waals surface area contributed by atoms with Gasteiger partial charge in [0.15, 0.2) is 0 Å². The Morgan fingerprint density at radius 2 is 2.20 bits per heavy atom. The third-order valence-electron chi connectivity index (χ3n) is 2.07. The Morgan fingerprint density at radius 1 is 1.50 bits per heavy atom. The van der Waals surface area contributed by atoms with E-state index < -0.39 is 8.07 Å². The molecule has 0 nitrogen and oxygen atoms in total. The van der Waals surface area contributed by atoms with Crippen LogP contribution in [0.2, 0.25) is 19.1 Å². The molecule has 0 unspecified atom stereocenters. The van der Waals surface area contributed by atoms with Gasteiger partial charge in [0.2, 0.25) is 0 Å². The van der Waals surface area contributed by atoms with E-state index in [4.69, 9.17) is 0 Å². The van der Waals surface area contributed by atoms with E-state index in [2.05, 4.69) is 37.5 Å². The van der Waals surface area contributed by atoms with Crippen molar-refractivity contribution in [2.75, 3.05) is 0 Å². The predicted molar refractivity (Wildman–Crippen MR) is 51.9 cm³/mol. The number of thiophene rings is 1. The van der Waals surface area contributed by atoms with Crippen LogP contribution in [0.15, 0.2) is 17.5 Å². The van der Waals surface area contributed by atoms with E-state index in [0.717, 1.165) is 0 Å². The van der Waals surface area contributed by atoms with Gasteiger partial charge in [0.05, 0.1) is 8.07 Å². The Labute approximate surface area is 67.9 Å². The molecule has 0 saturated heterocycles. The Hall–Kier alpha value is -0.0831. The fraction of sp³-hybridized carbons (Fsp3) is 0.500. The van der Waals surface area contributed by atoms with Crippen LogP contribution in [-0.4, -0.2) is 8.07 Å². The van der Waals surface area contributed by atoms with Gasteiger partial charge in [0.25, 0.3) is 0 Å². The van der Waals surface area contributed by atoms with Gasteiger partial charge in [0.1, 0.15) is 0 Å². The summed E-state index contributed by atoms with van der Waals surface area (Å²) in [7, 11) is -0.983. The molecule has 0 atom stereocenters. The first-order valence-corrected chi connectivity index (χ1v) is 7.79. The van der Waals surface area contributed by atoms with E-state index in [1.165, 1.54) is 6.04 Å². The topological polar surface area (TPSA) is 0 Å². The molecule has 0 radical (unpaired) electrons. The second kappa shape index (κ2) is 2.89. The Morgan fingerprint density at radius 3 is 2.60 bits per heavy atom. The largest absolute Gasteiger partial charge is 0.154 e. The average Bonchev–Trinajstić information content (AvgIpc) is 2.38. The van der Waals surface area contributed by atoms with E-state index in [1.54, 1.807) is 4.50 Å².